The van der Waals surface area contributed by atoms with Crippen LogP contribution in [0, 0.1) is 5.82 Å². The highest BCUT2D eigenvalue weighted by molar-refractivity contribution is 5.89. The Morgan fingerprint density at radius 1 is 1.19 bits per heavy atom. The highest BCUT2D eigenvalue weighted by Crippen LogP contribution is 2.22. The molecule has 2 saturated heterocycles. The smallest absolute Gasteiger partial charge is 0.414 e. The van der Waals surface area contributed by atoms with Gasteiger partial charge in [-0.15, -0.1) is 0 Å². The van der Waals surface area contributed by atoms with Crippen molar-refractivity contribution < 1.29 is 23.5 Å². The lowest BCUT2D eigenvalue weighted by Gasteiger charge is -2.36. The van der Waals surface area contributed by atoms with Gasteiger partial charge >= 0.3 is 12.2 Å². The number of cyclic esters (lactones) is 1. The van der Waals surface area contributed by atoms with Crippen molar-refractivity contribution in [1.82, 2.24) is 9.80 Å². The normalized spacial score (nSPS) is 21.3. The van der Waals surface area contributed by atoms with Gasteiger partial charge in [0.05, 0.1) is 6.54 Å². The molecular weight excluding hydrogens is 353 g/mol. The van der Waals surface area contributed by atoms with Gasteiger partial charge in [0, 0.05) is 38.4 Å². The van der Waals surface area contributed by atoms with Crippen LogP contribution in [-0.4, -0.2) is 73.0 Å². The summed E-state index contributed by atoms with van der Waals surface area (Å²) in [6, 6.07) is 5.79. The van der Waals surface area contributed by atoms with Crippen LogP contribution in [0.2, 0.25) is 0 Å². The molecular formula is C19H26FN3O4. The summed E-state index contributed by atoms with van der Waals surface area (Å²) in [5.41, 5.74) is 0.120. The summed E-state index contributed by atoms with van der Waals surface area (Å²) in [6.45, 7) is 9.14. The van der Waals surface area contributed by atoms with Crippen molar-refractivity contribution in [2.45, 2.75) is 32.5 Å². The third-order valence-electron chi connectivity index (χ3n) is 4.50. The number of ether oxygens (including phenoxy) is 2. The minimum atomic E-state index is -0.504. The predicted octanol–water partition coefficient (Wildman–Crippen LogP) is 2.70. The predicted molar refractivity (Wildman–Crippen MR) is 98.3 cm³/mol. The Bertz CT molecular complexity index is 681. The van der Waals surface area contributed by atoms with Crippen LogP contribution in [-0.2, 0) is 9.47 Å². The van der Waals surface area contributed by atoms with Crippen molar-refractivity contribution in [2.24, 2.45) is 0 Å². The summed E-state index contributed by atoms with van der Waals surface area (Å²) >= 11 is 0. The summed E-state index contributed by atoms with van der Waals surface area (Å²) in [6.07, 6.45) is -0.966. The lowest BCUT2D eigenvalue weighted by atomic mass is 10.2. The van der Waals surface area contributed by atoms with Gasteiger partial charge in [-0.2, -0.15) is 0 Å². The van der Waals surface area contributed by atoms with E-state index < -0.39 is 11.7 Å². The largest absolute Gasteiger partial charge is 0.444 e. The van der Waals surface area contributed by atoms with Crippen molar-refractivity contribution in [2.75, 3.05) is 44.2 Å². The molecule has 0 unspecified atom stereocenters. The van der Waals surface area contributed by atoms with Gasteiger partial charge in [0.15, 0.2) is 0 Å². The number of benzene rings is 1. The lowest BCUT2D eigenvalue weighted by molar-refractivity contribution is 0.0113. The van der Waals surface area contributed by atoms with E-state index in [9.17, 15) is 14.0 Å². The molecule has 0 aromatic heterocycles. The molecule has 0 spiro atoms. The molecule has 0 saturated carbocycles. The van der Waals surface area contributed by atoms with Gasteiger partial charge in [0.2, 0.25) is 0 Å². The molecule has 8 heteroatoms. The number of nitrogens with zero attached hydrogens (tertiary/aromatic N) is 3. The number of amides is 2. The summed E-state index contributed by atoms with van der Waals surface area (Å²) in [7, 11) is 0. The molecule has 2 heterocycles. The van der Waals surface area contributed by atoms with Crippen molar-refractivity contribution in [3.05, 3.63) is 30.1 Å². The van der Waals surface area contributed by atoms with Crippen LogP contribution in [0.15, 0.2) is 24.3 Å². The van der Waals surface area contributed by atoms with E-state index in [0.717, 1.165) is 0 Å². The molecule has 0 N–H and O–H groups in total. The SMILES string of the molecule is CC(C)(C)OC(=O)N1CCN(C[C@@H]2CN(c3ccc(F)cc3)C(=O)O2)CC1. The highest BCUT2D eigenvalue weighted by atomic mass is 19.1. The molecule has 0 radical (unpaired) electrons. The molecule has 7 nitrogen and oxygen atoms in total. The van der Waals surface area contributed by atoms with E-state index in [-0.39, 0.29) is 18.0 Å². The fourth-order valence-corrected chi connectivity index (χ4v) is 3.18. The van der Waals surface area contributed by atoms with E-state index >= 15 is 0 Å². The Hall–Kier alpha value is -2.35. The molecule has 27 heavy (non-hydrogen) atoms. The van der Waals surface area contributed by atoms with Gasteiger partial charge in [0.1, 0.15) is 17.5 Å². The van der Waals surface area contributed by atoms with Crippen LogP contribution in [0.4, 0.5) is 19.7 Å². The van der Waals surface area contributed by atoms with E-state index in [1.165, 1.54) is 17.0 Å². The second-order valence-corrected chi connectivity index (χ2v) is 7.86. The van der Waals surface area contributed by atoms with Crippen LogP contribution < -0.4 is 4.90 Å². The van der Waals surface area contributed by atoms with E-state index in [1.807, 2.05) is 20.8 Å². The topological polar surface area (TPSA) is 62.3 Å². The standard InChI is InChI=1S/C19H26FN3O4/c1-19(2,3)27-17(24)22-10-8-21(9-11-22)12-16-13-23(18(25)26-16)15-6-4-14(20)5-7-15/h4-7,16H,8-13H2,1-3H3/t16-/m1/s1. The van der Waals surface area contributed by atoms with E-state index in [0.29, 0.717) is 45.0 Å². The molecule has 2 fully saturated rings. The lowest BCUT2D eigenvalue weighted by Crippen LogP contribution is -2.51. The van der Waals surface area contributed by atoms with Gasteiger partial charge in [-0.25, -0.2) is 14.0 Å². The average Bonchev–Trinajstić information content (AvgIpc) is 2.95. The maximum Gasteiger partial charge on any atom is 0.414 e. The molecule has 148 valence electrons. The Morgan fingerprint density at radius 3 is 2.41 bits per heavy atom. The number of carbonyl (C=O) groups is 2. The molecule has 1 aromatic rings. The number of piperazine rings is 1. The molecule has 2 aliphatic heterocycles. The fraction of sp³-hybridized carbons (Fsp3) is 0.579. The van der Waals surface area contributed by atoms with Crippen LogP contribution in [0.3, 0.4) is 0 Å². The first kappa shape index (κ1) is 19.4. The zero-order valence-electron chi connectivity index (χ0n) is 16.0. The second-order valence-electron chi connectivity index (χ2n) is 7.86. The summed E-state index contributed by atoms with van der Waals surface area (Å²) < 4.78 is 23.9. The zero-order valence-corrected chi connectivity index (χ0v) is 16.0. The van der Waals surface area contributed by atoms with Crippen molar-refractivity contribution in [3.8, 4) is 0 Å². The Balaban J connectivity index is 1.48. The van der Waals surface area contributed by atoms with Gasteiger partial charge in [-0.05, 0) is 45.0 Å². The molecule has 3 rings (SSSR count). The summed E-state index contributed by atoms with van der Waals surface area (Å²) in [5.74, 6) is -0.342. The summed E-state index contributed by atoms with van der Waals surface area (Å²) in [5, 5.41) is 0. The zero-order chi connectivity index (χ0) is 19.6. The van der Waals surface area contributed by atoms with Gasteiger partial charge in [-0.3, -0.25) is 9.80 Å². The monoisotopic (exact) mass is 379 g/mol. The Labute approximate surface area is 158 Å². The number of hydrogen-bond donors (Lipinski definition) is 0. The quantitative estimate of drug-likeness (QED) is 0.808. The number of anilines is 1. The average molecular weight is 379 g/mol. The maximum absolute atomic E-state index is 13.1. The first-order chi connectivity index (χ1) is 12.7. The van der Waals surface area contributed by atoms with E-state index in [1.54, 1.807) is 17.0 Å². The van der Waals surface area contributed by atoms with E-state index in [4.69, 9.17) is 9.47 Å². The minimum absolute atomic E-state index is 0.254. The van der Waals surface area contributed by atoms with Crippen molar-refractivity contribution in [3.63, 3.8) is 0 Å². The van der Waals surface area contributed by atoms with Crippen LogP contribution >= 0.6 is 0 Å². The van der Waals surface area contributed by atoms with Gasteiger partial charge in [0.25, 0.3) is 0 Å². The van der Waals surface area contributed by atoms with Gasteiger partial charge < -0.3 is 14.4 Å². The van der Waals surface area contributed by atoms with Gasteiger partial charge in [-0.1, -0.05) is 0 Å². The molecule has 0 aliphatic carbocycles. The third kappa shape index (κ3) is 5.09. The molecule has 2 amide bonds. The molecule has 2 aliphatic rings. The van der Waals surface area contributed by atoms with Crippen molar-refractivity contribution >= 4 is 17.9 Å². The number of hydrogen-bond acceptors (Lipinski definition) is 5. The Morgan fingerprint density at radius 2 is 1.81 bits per heavy atom. The first-order valence-corrected chi connectivity index (χ1v) is 9.15. The fourth-order valence-electron chi connectivity index (χ4n) is 3.18. The number of rotatable bonds is 3. The minimum Gasteiger partial charge on any atom is -0.444 e. The highest BCUT2D eigenvalue weighted by Gasteiger charge is 2.34. The first-order valence-electron chi connectivity index (χ1n) is 9.15. The summed E-state index contributed by atoms with van der Waals surface area (Å²) in [4.78, 5) is 29.6. The number of halogens is 1. The molecule has 0 bridgehead atoms. The molecule has 1 atom stereocenters. The van der Waals surface area contributed by atoms with Crippen LogP contribution in [0.1, 0.15) is 20.8 Å². The molecule has 1 aromatic carbocycles. The number of carbonyl (C=O) groups excluding carboxylic acids is 2. The maximum atomic E-state index is 13.1. The van der Waals surface area contributed by atoms with E-state index in [2.05, 4.69) is 4.90 Å². The second kappa shape index (κ2) is 7.72. The van der Waals surface area contributed by atoms with Crippen LogP contribution in [0.25, 0.3) is 0 Å². The Kier molecular flexibility index (Phi) is 5.55. The van der Waals surface area contributed by atoms with Crippen LogP contribution in [0.5, 0.6) is 0 Å². The third-order valence-corrected chi connectivity index (χ3v) is 4.50. The van der Waals surface area contributed by atoms with Crippen molar-refractivity contribution in [1.29, 1.82) is 0 Å².